The van der Waals surface area contributed by atoms with Gasteiger partial charge in [-0.25, -0.2) is 0 Å². The van der Waals surface area contributed by atoms with Gasteiger partial charge in [-0.2, -0.15) is 21.6 Å². The van der Waals surface area contributed by atoms with E-state index < -0.39 is 21.6 Å². The van der Waals surface area contributed by atoms with Crippen molar-refractivity contribution in [1.82, 2.24) is 0 Å². The maximum absolute atomic E-state index is 12.9. The Labute approximate surface area is 218 Å². The van der Waals surface area contributed by atoms with Gasteiger partial charge >= 0.3 is 15.5 Å². The average Bonchev–Trinajstić information content (AvgIpc) is 2.90. The van der Waals surface area contributed by atoms with Crippen LogP contribution in [0.1, 0.15) is 17.2 Å². The van der Waals surface area contributed by atoms with Gasteiger partial charge < -0.3 is 9.84 Å². The van der Waals surface area contributed by atoms with Crippen molar-refractivity contribution >= 4 is 15.7 Å². The number of benzene rings is 4. The van der Waals surface area contributed by atoms with Crippen LogP contribution >= 0.6 is 0 Å². The van der Waals surface area contributed by atoms with Gasteiger partial charge in [0.1, 0.15) is 5.75 Å². The predicted molar refractivity (Wildman–Crippen MR) is 140 cm³/mol. The molecule has 0 saturated carbocycles. The van der Waals surface area contributed by atoms with Crippen molar-refractivity contribution in [2.24, 2.45) is 5.92 Å². The largest absolute Gasteiger partial charge is 0.516 e. The second-order valence-corrected chi connectivity index (χ2v) is 10.8. The molecule has 38 heavy (non-hydrogen) atoms. The number of fused-ring (bicyclic) bond motifs is 1. The first-order valence-corrected chi connectivity index (χ1v) is 13.4. The summed E-state index contributed by atoms with van der Waals surface area (Å²) >= 11 is 0. The van der Waals surface area contributed by atoms with Crippen LogP contribution in [0.5, 0.6) is 5.75 Å². The van der Waals surface area contributed by atoms with Crippen LogP contribution in [0.15, 0.2) is 97.1 Å². The van der Waals surface area contributed by atoms with E-state index in [1.54, 1.807) is 29.0 Å². The van der Waals surface area contributed by atoms with Gasteiger partial charge in [0.25, 0.3) is 0 Å². The van der Waals surface area contributed by atoms with Crippen LogP contribution in [-0.2, 0) is 16.4 Å². The highest BCUT2D eigenvalue weighted by Gasteiger charge is 2.46. The normalized spacial score (nSPS) is 17.4. The monoisotopic (exact) mass is 539 g/mol. The molecule has 2 N–H and O–H groups in total. The van der Waals surface area contributed by atoms with Crippen molar-refractivity contribution in [2.45, 2.75) is 18.0 Å². The molecule has 0 radical (unpaired) electrons. The highest BCUT2D eigenvalue weighted by atomic mass is 32.2. The lowest BCUT2D eigenvalue weighted by atomic mass is 9.87. The van der Waals surface area contributed by atoms with Gasteiger partial charge in [-0.05, 0) is 40.8 Å². The minimum atomic E-state index is -5.58. The van der Waals surface area contributed by atoms with E-state index in [1.165, 1.54) is 18.2 Å². The minimum Gasteiger partial charge on any atom is -0.493 e. The fraction of sp³-hybridized carbons (Fsp3) is 0.172. The molecule has 2 atom stereocenters. The Morgan fingerprint density at radius 2 is 1.47 bits per heavy atom. The summed E-state index contributed by atoms with van der Waals surface area (Å²) in [6, 6.07) is 28.9. The van der Waals surface area contributed by atoms with E-state index in [4.69, 9.17) is 4.74 Å². The van der Waals surface area contributed by atoms with Crippen LogP contribution in [-0.4, -0.2) is 25.6 Å². The number of alkyl halides is 3. The van der Waals surface area contributed by atoms with Crippen LogP contribution in [0.3, 0.4) is 0 Å². The van der Waals surface area contributed by atoms with Crippen molar-refractivity contribution < 1.29 is 31.4 Å². The first-order chi connectivity index (χ1) is 18.1. The van der Waals surface area contributed by atoms with Gasteiger partial charge in [0, 0.05) is 17.0 Å². The zero-order valence-corrected chi connectivity index (χ0v) is 20.8. The summed E-state index contributed by atoms with van der Waals surface area (Å²) in [4.78, 5) is 0. The molecular weight excluding hydrogens is 515 g/mol. The second kappa shape index (κ2) is 10.2. The molecule has 196 valence electrons. The Bertz CT molecular complexity index is 1540. The predicted octanol–water partition coefficient (Wildman–Crippen LogP) is 6.57. The zero-order valence-electron chi connectivity index (χ0n) is 20.0. The number of nitrogens with one attached hydrogen (secondary N) is 1. The zero-order chi connectivity index (χ0) is 26.9. The van der Waals surface area contributed by atoms with Crippen LogP contribution in [0, 0.1) is 5.92 Å². The van der Waals surface area contributed by atoms with Crippen molar-refractivity contribution in [2.75, 3.05) is 11.3 Å². The molecule has 1 aliphatic rings. The fourth-order valence-electron chi connectivity index (χ4n) is 4.58. The first kappa shape index (κ1) is 25.8. The van der Waals surface area contributed by atoms with Gasteiger partial charge in [-0.15, -0.1) is 0 Å². The molecule has 9 heteroatoms. The molecular formula is C29H24F3NO4S. The lowest BCUT2D eigenvalue weighted by Gasteiger charge is -2.31. The van der Waals surface area contributed by atoms with E-state index in [0.29, 0.717) is 23.3 Å². The lowest BCUT2D eigenvalue weighted by molar-refractivity contribution is -0.0429. The van der Waals surface area contributed by atoms with Crippen LogP contribution in [0.4, 0.5) is 18.9 Å². The summed E-state index contributed by atoms with van der Waals surface area (Å²) in [7, 11) is -5.58. The Balaban J connectivity index is 1.34. The third-order valence-electron chi connectivity index (χ3n) is 6.58. The smallest absolute Gasteiger partial charge is 0.493 e. The number of rotatable bonds is 6. The number of aliphatic hydroxyl groups is 1. The van der Waals surface area contributed by atoms with E-state index in [0.717, 1.165) is 16.7 Å². The standard InChI is InChI=1S/C29H24F3NO4S/c30-29(31,32)38(35,36)33-26-9-5-4-8-24(26)22-14-15-25-27(17-22)37-18-23(28(25)34)16-19-10-12-21(13-11-19)20-6-2-1-3-7-20/h1-15,17,23,28,33-34H,16,18H2/t23?,28-/m1/s1. The van der Waals surface area contributed by atoms with Gasteiger partial charge in [0.05, 0.1) is 18.4 Å². The number of anilines is 1. The Morgan fingerprint density at radius 1 is 0.842 bits per heavy atom. The van der Waals surface area contributed by atoms with E-state index in [2.05, 4.69) is 0 Å². The molecule has 5 rings (SSSR count). The maximum atomic E-state index is 12.9. The molecule has 4 aromatic rings. The van der Waals surface area contributed by atoms with Crippen molar-refractivity contribution in [1.29, 1.82) is 0 Å². The summed E-state index contributed by atoms with van der Waals surface area (Å²) in [6.07, 6.45) is -0.208. The summed E-state index contributed by atoms with van der Waals surface area (Å²) in [5.74, 6) is 0.209. The Hall–Kier alpha value is -3.82. The molecule has 1 heterocycles. The molecule has 0 spiro atoms. The summed E-state index contributed by atoms with van der Waals surface area (Å²) < 4.78 is 69.6. The van der Waals surface area contributed by atoms with Crippen LogP contribution < -0.4 is 9.46 Å². The molecule has 1 aliphatic heterocycles. The lowest BCUT2D eigenvalue weighted by Crippen LogP contribution is -2.30. The second-order valence-electron chi connectivity index (χ2n) is 9.13. The molecule has 0 aliphatic carbocycles. The Kier molecular flexibility index (Phi) is 6.90. The number of sulfonamides is 1. The third-order valence-corrected chi connectivity index (χ3v) is 7.68. The van der Waals surface area contributed by atoms with Crippen LogP contribution in [0.2, 0.25) is 0 Å². The van der Waals surface area contributed by atoms with E-state index in [-0.39, 0.29) is 23.8 Å². The van der Waals surface area contributed by atoms with Crippen molar-refractivity contribution in [3.8, 4) is 28.0 Å². The quantitative estimate of drug-likeness (QED) is 0.291. The highest BCUT2D eigenvalue weighted by molar-refractivity contribution is 7.93. The maximum Gasteiger partial charge on any atom is 0.516 e. The average molecular weight is 540 g/mol. The van der Waals surface area contributed by atoms with E-state index >= 15 is 0 Å². The van der Waals surface area contributed by atoms with Gasteiger partial charge in [0.2, 0.25) is 0 Å². The number of aliphatic hydroxyl groups excluding tert-OH is 1. The minimum absolute atomic E-state index is 0.193. The van der Waals surface area contributed by atoms with Gasteiger partial charge in [-0.1, -0.05) is 84.9 Å². The Morgan fingerprint density at radius 3 is 2.18 bits per heavy atom. The number of para-hydroxylation sites is 1. The third kappa shape index (κ3) is 5.25. The van der Waals surface area contributed by atoms with Gasteiger partial charge in [-0.3, -0.25) is 4.72 Å². The number of hydrogen-bond donors (Lipinski definition) is 2. The van der Waals surface area contributed by atoms with E-state index in [1.807, 2.05) is 54.6 Å². The molecule has 0 fully saturated rings. The molecule has 4 aromatic carbocycles. The summed E-state index contributed by atoms with van der Waals surface area (Å²) in [5, 5.41) is 11.1. The summed E-state index contributed by atoms with van der Waals surface area (Å²) in [5.41, 5.74) is -1.10. The van der Waals surface area contributed by atoms with Gasteiger partial charge in [0.15, 0.2) is 0 Å². The van der Waals surface area contributed by atoms with E-state index in [9.17, 15) is 26.7 Å². The molecule has 0 bridgehead atoms. The molecule has 0 saturated heterocycles. The SMILES string of the molecule is O=S(=O)(Nc1ccccc1-c1ccc2c(c1)OCC(Cc1ccc(-c3ccccc3)cc1)[C@H]2O)C(F)(F)F. The fourth-order valence-corrected chi connectivity index (χ4v) is 5.16. The topological polar surface area (TPSA) is 75.6 Å². The van der Waals surface area contributed by atoms with Crippen LogP contribution in [0.25, 0.3) is 22.3 Å². The number of ether oxygens (including phenoxy) is 1. The molecule has 0 amide bonds. The first-order valence-electron chi connectivity index (χ1n) is 11.9. The molecule has 0 aromatic heterocycles. The highest BCUT2D eigenvalue weighted by Crippen LogP contribution is 2.41. The molecule has 5 nitrogen and oxygen atoms in total. The summed E-state index contributed by atoms with van der Waals surface area (Å²) in [6.45, 7) is 0.250. The number of hydrogen-bond acceptors (Lipinski definition) is 4. The van der Waals surface area contributed by atoms with Crippen molar-refractivity contribution in [3.05, 3.63) is 108 Å². The molecule has 1 unspecified atom stereocenters. The number of halogens is 3. The van der Waals surface area contributed by atoms with Crippen molar-refractivity contribution in [3.63, 3.8) is 0 Å².